The van der Waals surface area contributed by atoms with Gasteiger partial charge in [-0.3, -0.25) is 0 Å². The van der Waals surface area contributed by atoms with Gasteiger partial charge >= 0.3 is 0 Å². The van der Waals surface area contributed by atoms with Gasteiger partial charge < -0.3 is 10.1 Å². The zero-order valence-electron chi connectivity index (χ0n) is 10.4. The van der Waals surface area contributed by atoms with Crippen molar-refractivity contribution in [2.24, 2.45) is 0 Å². The second-order valence-corrected chi connectivity index (χ2v) is 4.75. The summed E-state index contributed by atoms with van der Waals surface area (Å²) in [5.41, 5.74) is 2.22. The van der Waals surface area contributed by atoms with Crippen molar-refractivity contribution >= 4 is 17.4 Å². The average Bonchev–Trinajstić information content (AvgIpc) is 2.45. The largest absolute Gasteiger partial charge is 0.477 e. The molecule has 19 heavy (non-hydrogen) atoms. The first-order valence-corrected chi connectivity index (χ1v) is 6.68. The van der Waals surface area contributed by atoms with Crippen molar-refractivity contribution in [1.82, 2.24) is 9.97 Å². The number of anilines is 1. The van der Waals surface area contributed by atoms with Crippen LogP contribution in [0.2, 0.25) is 5.28 Å². The highest BCUT2D eigenvalue weighted by Gasteiger charge is 2.18. The summed E-state index contributed by atoms with van der Waals surface area (Å²) in [4.78, 5) is 8.39. The topological polar surface area (TPSA) is 47.0 Å². The molecule has 1 aromatic carbocycles. The molecule has 0 saturated carbocycles. The van der Waals surface area contributed by atoms with Crippen LogP contribution in [-0.4, -0.2) is 16.6 Å². The molecule has 0 spiro atoms. The van der Waals surface area contributed by atoms with E-state index < -0.39 is 0 Å². The van der Waals surface area contributed by atoms with Crippen LogP contribution in [0.5, 0.6) is 5.88 Å². The van der Waals surface area contributed by atoms with E-state index in [0.29, 0.717) is 19.0 Å². The highest BCUT2D eigenvalue weighted by Crippen LogP contribution is 2.29. The summed E-state index contributed by atoms with van der Waals surface area (Å²) in [7, 11) is 0. The highest BCUT2D eigenvalue weighted by atomic mass is 35.5. The number of fused-ring (bicyclic) bond motifs is 1. The van der Waals surface area contributed by atoms with Gasteiger partial charge in [-0.2, -0.15) is 4.98 Å². The second kappa shape index (κ2) is 5.45. The number of ether oxygens (including phenoxy) is 1. The number of nitrogens with zero attached hydrogens (tertiary/aromatic N) is 2. The van der Waals surface area contributed by atoms with Crippen LogP contribution in [0, 0.1) is 0 Å². The van der Waals surface area contributed by atoms with Gasteiger partial charge in [0.1, 0.15) is 5.82 Å². The third kappa shape index (κ3) is 2.79. The monoisotopic (exact) mass is 275 g/mol. The molecule has 1 aliphatic rings. The van der Waals surface area contributed by atoms with Gasteiger partial charge in [0.05, 0.1) is 12.2 Å². The lowest BCUT2D eigenvalue weighted by molar-refractivity contribution is 0.276. The van der Waals surface area contributed by atoms with Gasteiger partial charge in [-0.15, -0.1) is 0 Å². The lowest BCUT2D eigenvalue weighted by atomic mass is 10.1. The molecule has 1 N–H and O–H groups in total. The molecule has 5 heteroatoms. The highest BCUT2D eigenvalue weighted by molar-refractivity contribution is 6.28. The van der Waals surface area contributed by atoms with E-state index in [2.05, 4.69) is 27.4 Å². The summed E-state index contributed by atoms with van der Waals surface area (Å²) in [6.45, 7) is 1.40. The predicted molar refractivity (Wildman–Crippen MR) is 74.6 cm³/mol. The Morgan fingerprint density at radius 1 is 1.21 bits per heavy atom. The van der Waals surface area contributed by atoms with Crippen LogP contribution in [0.25, 0.3) is 0 Å². The normalized spacial score (nSPS) is 13.5. The van der Waals surface area contributed by atoms with Gasteiger partial charge in [0, 0.05) is 6.54 Å². The number of halogens is 1. The maximum Gasteiger partial charge on any atom is 0.227 e. The molecule has 0 aliphatic carbocycles. The molecule has 0 unspecified atom stereocenters. The number of aromatic nitrogens is 2. The fourth-order valence-electron chi connectivity index (χ4n) is 2.13. The van der Waals surface area contributed by atoms with Crippen molar-refractivity contribution in [2.45, 2.75) is 19.4 Å². The minimum absolute atomic E-state index is 0.219. The molecule has 0 amide bonds. The Labute approximate surface area is 116 Å². The van der Waals surface area contributed by atoms with E-state index in [9.17, 15) is 0 Å². The van der Waals surface area contributed by atoms with Gasteiger partial charge in [0.2, 0.25) is 11.2 Å². The van der Waals surface area contributed by atoms with E-state index in [1.165, 1.54) is 5.56 Å². The maximum atomic E-state index is 5.92. The fourth-order valence-corrected chi connectivity index (χ4v) is 2.29. The zero-order chi connectivity index (χ0) is 13.1. The molecule has 4 nitrogen and oxygen atoms in total. The van der Waals surface area contributed by atoms with E-state index in [-0.39, 0.29) is 5.28 Å². The number of hydrogen-bond donors (Lipinski definition) is 1. The Bertz CT molecular complexity index is 574. The van der Waals surface area contributed by atoms with E-state index in [1.807, 2.05) is 18.2 Å². The maximum absolute atomic E-state index is 5.92. The van der Waals surface area contributed by atoms with E-state index in [4.69, 9.17) is 16.3 Å². The molecule has 0 saturated heterocycles. The Morgan fingerprint density at radius 2 is 2.05 bits per heavy atom. The van der Waals surface area contributed by atoms with Crippen molar-refractivity contribution < 1.29 is 4.74 Å². The number of rotatable bonds is 3. The summed E-state index contributed by atoms with van der Waals surface area (Å²) < 4.78 is 5.52. The van der Waals surface area contributed by atoms with E-state index in [1.54, 1.807) is 0 Å². The molecular formula is C14H14ClN3O. The molecule has 98 valence electrons. The average molecular weight is 276 g/mol. The van der Waals surface area contributed by atoms with E-state index >= 15 is 0 Å². The van der Waals surface area contributed by atoms with Crippen molar-refractivity contribution in [3.63, 3.8) is 0 Å². The summed E-state index contributed by atoms with van der Waals surface area (Å²) >= 11 is 5.92. The minimum Gasteiger partial charge on any atom is -0.477 e. The Morgan fingerprint density at radius 3 is 2.89 bits per heavy atom. The van der Waals surface area contributed by atoms with Crippen LogP contribution in [0.4, 0.5) is 5.82 Å². The van der Waals surface area contributed by atoms with Gasteiger partial charge in [0.25, 0.3) is 0 Å². The smallest absolute Gasteiger partial charge is 0.227 e. The molecule has 0 atom stereocenters. The summed E-state index contributed by atoms with van der Waals surface area (Å²) in [5.74, 6) is 1.39. The Balaban J connectivity index is 1.82. The number of nitrogens with one attached hydrogen (secondary N) is 1. The predicted octanol–water partition coefficient (Wildman–Crippen LogP) is 3.07. The number of hydrogen-bond acceptors (Lipinski definition) is 4. The van der Waals surface area contributed by atoms with Gasteiger partial charge in [-0.25, -0.2) is 4.98 Å². The lowest BCUT2D eigenvalue weighted by Gasteiger charge is -2.19. The summed E-state index contributed by atoms with van der Waals surface area (Å²) in [6.07, 6.45) is 1.90. The van der Waals surface area contributed by atoms with Gasteiger partial charge in [-0.1, -0.05) is 30.3 Å². The minimum atomic E-state index is 0.219. The standard InChI is InChI=1S/C14H14ClN3O/c15-14-17-12(11-7-4-8-19-13(11)18-14)16-9-10-5-2-1-3-6-10/h1-3,5-6H,4,7-9H2,(H,16,17,18). The SMILES string of the molecule is Clc1nc(NCc2ccccc2)c2c(n1)OCCC2. The lowest BCUT2D eigenvalue weighted by Crippen LogP contribution is -2.14. The second-order valence-electron chi connectivity index (χ2n) is 4.42. The molecule has 2 heterocycles. The van der Waals surface area contributed by atoms with Crippen molar-refractivity contribution in [3.8, 4) is 5.88 Å². The Hall–Kier alpha value is -1.81. The first-order valence-electron chi connectivity index (χ1n) is 6.30. The van der Waals surface area contributed by atoms with Crippen molar-refractivity contribution in [1.29, 1.82) is 0 Å². The van der Waals surface area contributed by atoms with Crippen LogP contribution in [0.1, 0.15) is 17.5 Å². The van der Waals surface area contributed by atoms with Gasteiger partial charge in [-0.05, 0) is 30.0 Å². The quantitative estimate of drug-likeness (QED) is 0.875. The van der Waals surface area contributed by atoms with Crippen LogP contribution >= 0.6 is 11.6 Å². The molecule has 0 bridgehead atoms. The molecule has 1 aliphatic heterocycles. The molecule has 1 aromatic heterocycles. The van der Waals surface area contributed by atoms with E-state index in [0.717, 1.165) is 24.2 Å². The van der Waals surface area contributed by atoms with Gasteiger partial charge in [0.15, 0.2) is 0 Å². The van der Waals surface area contributed by atoms with Crippen molar-refractivity contribution in [3.05, 3.63) is 46.7 Å². The molecule has 0 radical (unpaired) electrons. The van der Waals surface area contributed by atoms with Crippen molar-refractivity contribution in [2.75, 3.05) is 11.9 Å². The number of benzene rings is 1. The summed E-state index contributed by atoms with van der Waals surface area (Å²) in [5, 5.41) is 3.53. The molecular weight excluding hydrogens is 262 g/mol. The van der Waals surface area contributed by atoms with Crippen LogP contribution in [0.15, 0.2) is 30.3 Å². The molecule has 0 fully saturated rings. The molecule has 2 aromatic rings. The molecule has 3 rings (SSSR count). The first-order chi connectivity index (χ1) is 9.33. The van der Waals surface area contributed by atoms with Crippen LogP contribution in [-0.2, 0) is 13.0 Å². The first kappa shape index (κ1) is 12.2. The fraction of sp³-hybridized carbons (Fsp3) is 0.286. The third-order valence-corrected chi connectivity index (χ3v) is 3.22. The Kier molecular flexibility index (Phi) is 3.51. The van der Waals surface area contributed by atoms with Crippen LogP contribution < -0.4 is 10.1 Å². The third-order valence-electron chi connectivity index (χ3n) is 3.05. The zero-order valence-corrected chi connectivity index (χ0v) is 11.2. The summed E-state index contributed by atoms with van der Waals surface area (Å²) in [6, 6.07) is 10.2. The van der Waals surface area contributed by atoms with Crippen LogP contribution in [0.3, 0.4) is 0 Å².